The van der Waals surface area contributed by atoms with Gasteiger partial charge in [0.25, 0.3) is 17.7 Å². The number of hydrogen-bond donors (Lipinski definition) is 1. The van der Waals surface area contributed by atoms with E-state index >= 15 is 0 Å². The Morgan fingerprint density at radius 2 is 1.70 bits per heavy atom. The lowest BCUT2D eigenvalue weighted by molar-refractivity contribution is -0.121. The molecule has 0 fully saturated rings. The van der Waals surface area contributed by atoms with Crippen molar-refractivity contribution in [1.82, 2.24) is 4.90 Å². The molecule has 9 nitrogen and oxygen atoms in total. The van der Waals surface area contributed by atoms with Crippen LogP contribution < -0.4 is 19.9 Å². The smallest absolute Gasteiger partial charge is 0.321 e. The molecule has 2 aromatic rings. The number of nitrogens with zero attached hydrogens (tertiary/aromatic N) is 3. The number of urea groups is 1. The summed E-state index contributed by atoms with van der Waals surface area (Å²) in [6, 6.07) is 7.09. The number of rotatable bonds is 3. The summed E-state index contributed by atoms with van der Waals surface area (Å²) in [4.78, 5) is 52.2. The van der Waals surface area contributed by atoms with E-state index in [2.05, 4.69) is 11.2 Å². The normalized spacial score (nSPS) is 15.9. The highest BCUT2D eigenvalue weighted by Gasteiger charge is 2.41. The average Bonchev–Trinajstić information content (AvgIpc) is 3.18. The number of halogens is 3. The first-order valence-electron chi connectivity index (χ1n) is 12.3. The summed E-state index contributed by atoms with van der Waals surface area (Å²) in [6.45, 7) is -0.262. The molecule has 0 spiro atoms. The maximum Gasteiger partial charge on any atom is 0.321 e. The summed E-state index contributed by atoms with van der Waals surface area (Å²) in [5.41, 5.74) is 1.62. The SMILES string of the molecule is C#CCN1C(=O)COc2cc(F)c(N3C(=O)C4=C(CCCC4)C3=O)cc21.CN(C)C(=O)Nc1ccc(Cl)c(Cl)c1. The largest absolute Gasteiger partial charge is 0.481 e. The van der Waals surface area contributed by atoms with Crippen molar-refractivity contribution < 1.29 is 28.3 Å². The Kier molecular flexibility index (Phi) is 8.67. The van der Waals surface area contributed by atoms with E-state index < -0.39 is 17.6 Å². The first-order valence-corrected chi connectivity index (χ1v) is 13.0. The monoisotopic (exact) mass is 586 g/mol. The molecule has 0 saturated carbocycles. The van der Waals surface area contributed by atoms with Gasteiger partial charge in [-0.2, -0.15) is 0 Å². The van der Waals surface area contributed by atoms with Crippen LogP contribution in [0.4, 0.5) is 26.2 Å². The summed E-state index contributed by atoms with van der Waals surface area (Å²) >= 11 is 11.5. The van der Waals surface area contributed by atoms with Gasteiger partial charge >= 0.3 is 6.03 Å². The van der Waals surface area contributed by atoms with Crippen molar-refractivity contribution in [3.63, 3.8) is 0 Å². The minimum absolute atomic E-state index is 0.0170. The minimum atomic E-state index is -0.764. The van der Waals surface area contributed by atoms with Crippen LogP contribution >= 0.6 is 23.2 Å². The number of carbonyl (C=O) groups is 4. The van der Waals surface area contributed by atoms with E-state index in [1.54, 1.807) is 32.3 Å². The molecule has 0 radical (unpaired) electrons. The fourth-order valence-electron chi connectivity index (χ4n) is 4.41. The van der Waals surface area contributed by atoms with Gasteiger partial charge in [0.2, 0.25) is 0 Å². The molecule has 2 aliphatic heterocycles. The molecule has 5 rings (SSSR count). The van der Waals surface area contributed by atoms with Gasteiger partial charge in [0.1, 0.15) is 5.75 Å². The predicted octanol–water partition coefficient (Wildman–Crippen LogP) is 5.02. The van der Waals surface area contributed by atoms with Crippen molar-refractivity contribution in [3.8, 4) is 18.1 Å². The van der Waals surface area contributed by atoms with E-state index in [1.165, 1.54) is 15.9 Å². The van der Waals surface area contributed by atoms with Gasteiger partial charge in [0.05, 0.1) is 28.0 Å². The van der Waals surface area contributed by atoms with Crippen LogP contribution in [0, 0.1) is 18.2 Å². The molecule has 2 aromatic carbocycles. The summed E-state index contributed by atoms with van der Waals surface area (Å²) < 4.78 is 19.9. The first kappa shape index (κ1) is 28.9. The maximum absolute atomic E-state index is 14.7. The minimum Gasteiger partial charge on any atom is -0.481 e. The van der Waals surface area contributed by atoms with E-state index in [1.807, 2.05) is 0 Å². The molecule has 5 amide bonds. The highest BCUT2D eigenvalue weighted by Crippen LogP contribution is 2.41. The van der Waals surface area contributed by atoms with Crippen LogP contribution in [0.15, 0.2) is 41.5 Å². The summed E-state index contributed by atoms with van der Waals surface area (Å²) in [5, 5.41) is 3.54. The number of fused-ring (bicyclic) bond motifs is 1. The fourth-order valence-corrected chi connectivity index (χ4v) is 4.71. The highest BCUT2D eigenvalue weighted by molar-refractivity contribution is 6.42. The number of carbonyl (C=O) groups excluding carboxylic acids is 4. The molecule has 12 heteroatoms. The average molecular weight is 587 g/mol. The van der Waals surface area contributed by atoms with Crippen molar-refractivity contribution in [3.05, 3.63) is 57.3 Å². The fraction of sp³-hybridized carbons (Fsp3) is 0.286. The zero-order chi connectivity index (χ0) is 29.1. The number of imide groups is 1. The quantitative estimate of drug-likeness (QED) is 0.402. The van der Waals surface area contributed by atoms with Gasteiger partial charge in [-0.3, -0.25) is 19.3 Å². The second kappa shape index (κ2) is 12.0. The third-order valence-electron chi connectivity index (χ3n) is 6.43. The van der Waals surface area contributed by atoms with Gasteiger partial charge in [-0.05, 0) is 49.9 Å². The van der Waals surface area contributed by atoms with Crippen molar-refractivity contribution >= 4 is 64.0 Å². The van der Waals surface area contributed by atoms with Gasteiger partial charge in [0.15, 0.2) is 12.4 Å². The van der Waals surface area contributed by atoms with Crippen LogP contribution in [0.5, 0.6) is 5.75 Å². The lowest BCUT2D eigenvalue weighted by Crippen LogP contribution is -2.39. The van der Waals surface area contributed by atoms with Crippen LogP contribution in [-0.4, -0.2) is 55.9 Å². The predicted molar refractivity (Wildman–Crippen MR) is 150 cm³/mol. The lowest BCUT2D eigenvalue weighted by atomic mass is 9.93. The molecule has 0 unspecified atom stereocenters. The number of terminal acetylenes is 1. The molecule has 0 aromatic heterocycles. The molecule has 0 atom stereocenters. The molecular formula is C28H25Cl2FN4O5. The van der Waals surface area contributed by atoms with Crippen LogP contribution in [0.3, 0.4) is 0 Å². The molecule has 0 saturated heterocycles. The molecule has 3 aliphatic rings. The van der Waals surface area contributed by atoms with E-state index in [0.717, 1.165) is 23.8 Å². The van der Waals surface area contributed by atoms with E-state index in [9.17, 15) is 23.6 Å². The number of ether oxygens (including phenoxy) is 1. The van der Waals surface area contributed by atoms with Crippen LogP contribution in [0.25, 0.3) is 0 Å². The Morgan fingerprint density at radius 3 is 2.27 bits per heavy atom. The number of hydrogen-bond acceptors (Lipinski definition) is 5. The third-order valence-corrected chi connectivity index (χ3v) is 7.17. The van der Waals surface area contributed by atoms with Gasteiger partial charge in [0, 0.05) is 37.0 Å². The number of amides is 5. The topological polar surface area (TPSA) is 99.3 Å². The Morgan fingerprint density at radius 1 is 1.05 bits per heavy atom. The van der Waals surface area contributed by atoms with Gasteiger partial charge in [-0.1, -0.05) is 29.1 Å². The summed E-state index contributed by atoms with van der Waals surface area (Å²) in [6.07, 6.45) is 8.01. The van der Waals surface area contributed by atoms with Gasteiger partial charge in [-0.15, -0.1) is 6.42 Å². The second-order valence-electron chi connectivity index (χ2n) is 9.31. The number of anilines is 3. The van der Waals surface area contributed by atoms with Gasteiger partial charge in [-0.25, -0.2) is 14.1 Å². The number of nitrogens with one attached hydrogen (secondary N) is 1. The highest BCUT2D eigenvalue weighted by atomic mass is 35.5. The Bertz CT molecular complexity index is 1460. The third kappa shape index (κ3) is 5.76. The van der Waals surface area contributed by atoms with E-state index in [0.29, 0.717) is 39.7 Å². The van der Waals surface area contributed by atoms with Crippen molar-refractivity contribution in [2.45, 2.75) is 25.7 Å². The molecule has 40 heavy (non-hydrogen) atoms. The molecule has 1 aliphatic carbocycles. The van der Waals surface area contributed by atoms with Crippen LogP contribution in [0.2, 0.25) is 10.0 Å². The van der Waals surface area contributed by atoms with Crippen LogP contribution in [-0.2, 0) is 14.4 Å². The van der Waals surface area contributed by atoms with Crippen molar-refractivity contribution in [2.75, 3.05) is 42.4 Å². The molecule has 1 N–H and O–H groups in total. The Labute approximate surface area is 240 Å². The molecule has 2 heterocycles. The van der Waals surface area contributed by atoms with Crippen LogP contribution in [0.1, 0.15) is 25.7 Å². The summed E-state index contributed by atoms with van der Waals surface area (Å²) in [5.74, 6) is 0.406. The van der Waals surface area contributed by atoms with E-state index in [-0.39, 0.29) is 42.2 Å². The first-order chi connectivity index (χ1) is 19.0. The zero-order valence-electron chi connectivity index (χ0n) is 21.7. The maximum atomic E-state index is 14.7. The Hall–Kier alpha value is -4.07. The second-order valence-corrected chi connectivity index (χ2v) is 10.1. The van der Waals surface area contributed by atoms with Crippen molar-refractivity contribution in [1.29, 1.82) is 0 Å². The molecular weight excluding hydrogens is 562 g/mol. The standard InChI is InChI=1S/C19H15FN2O4.C9H10Cl2N2O/c1-2-7-21-15-9-14(13(20)8-16(15)26-10-17(21)23)22-18(24)11-5-3-4-6-12(11)19(22)25;1-13(2)9(14)12-6-3-4-7(10)8(11)5-6/h1,8-9H,3-7,10H2;3-5H,1-2H3,(H,12,14). The van der Waals surface area contributed by atoms with E-state index in [4.69, 9.17) is 34.4 Å². The van der Waals surface area contributed by atoms with Gasteiger partial charge < -0.3 is 15.0 Å². The molecule has 0 bridgehead atoms. The Balaban J connectivity index is 0.000000224. The van der Waals surface area contributed by atoms with Crippen molar-refractivity contribution in [2.24, 2.45) is 0 Å². The molecule has 208 valence electrons. The summed E-state index contributed by atoms with van der Waals surface area (Å²) in [7, 11) is 3.32. The number of benzene rings is 2. The lowest BCUT2D eigenvalue weighted by Gasteiger charge is -2.29. The zero-order valence-corrected chi connectivity index (χ0v) is 23.2.